The van der Waals surface area contributed by atoms with Crippen LogP contribution in [0.25, 0.3) is 0 Å². The molecule has 0 aromatic heterocycles. The molecule has 0 aliphatic heterocycles. The van der Waals surface area contributed by atoms with Gasteiger partial charge in [0.2, 0.25) is 0 Å². The summed E-state index contributed by atoms with van der Waals surface area (Å²) in [5.74, 6) is 0.0715. The lowest BCUT2D eigenvalue weighted by Crippen LogP contribution is -2.42. The van der Waals surface area contributed by atoms with Crippen LogP contribution in [-0.2, 0) is 15.8 Å². The molecule has 0 unspecified atom stereocenters. The predicted molar refractivity (Wildman–Crippen MR) is 113 cm³/mol. The minimum atomic E-state index is -1.78. The van der Waals surface area contributed by atoms with E-state index < -0.39 is 14.4 Å². The van der Waals surface area contributed by atoms with E-state index in [9.17, 15) is 5.11 Å². The molecule has 0 saturated heterocycles. The Kier molecular flexibility index (Phi) is 8.74. The summed E-state index contributed by atoms with van der Waals surface area (Å²) in [6.45, 7) is 20.5. The maximum absolute atomic E-state index is 10.5. The molecular formula is C22H38O3Si. The highest BCUT2D eigenvalue weighted by Crippen LogP contribution is 2.37. The minimum absolute atomic E-state index is 0.0715. The van der Waals surface area contributed by atoms with Crippen LogP contribution in [0.2, 0.25) is 18.1 Å². The second kappa shape index (κ2) is 9.84. The first-order valence-corrected chi connectivity index (χ1v) is 12.5. The molecule has 0 heterocycles. The largest absolute Gasteiger partial charge is 0.416 e. The average Bonchev–Trinajstić information content (AvgIpc) is 2.57. The molecule has 4 heteroatoms. The van der Waals surface area contributed by atoms with Crippen molar-refractivity contribution >= 4 is 8.32 Å². The van der Waals surface area contributed by atoms with Gasteiger partial charge in [0, 0.05) is 12.5 Å². The van der Waals surface area contributed by atoms with Crippen LogP contribution in [0, 0.1) is 5.92 Å². The normalized spacial score (nSPS) is 16.2. The lowest BCUT2D eigenvalue weighted by atomic mass is 9.97. The highest BCUT2D eigenvalue weighted by molar-refractivity contribution is 6.74. The van der Waals surface area contributed by atoms with Crippen LogP contribution in [0.15, 0.2) is 42.5 Å². The topological polar surface area (TPSA) is 38.7 Å². The van der Waals surface area contributed by atoms with E-state index in [0.717, 1.165) is 11.1 Å². The number of aliphatic hydroxyl groups excluding tert-OH is 1. The molecule has 148 valence electrons. The van der Waals surface area contributed by atoms with E-state index >= 15 is 0 Å². The van der Waals surface area contributed by atoms with E-state index in [4.69, 9.17) is 9.16 Å². The van der Waals surface area contributed by atoms with E-state index in [1.54, 1.807) is 0 Å². The number of ether oxygens (including phenoxy) is 1. The third-order valence-electron chi connectivity index (χ3n) is 5.56. The van der Waals surface area contributed by atoms with E-state index in [0.29, 0.717) is 19.6 Å². The van der Waals surface area contributed by atoms with Gasteiger partial charge in [-0.05, 0) is 42.6 Å². The van der Waals surface area contributed by atoms with Gasteiger partial charge in [0.15, 0.2) is 8.32 Å². The van der Waals surface area contributed by atoms with E-state index in [1.165, 1.54) is 0 Å². The van der Waals surface area contributed by atoms with Crippen molar-refractivity contribution in [2.75, 3.05) is 6.61 Å². The number of aliphatic hydroxyl groups is 1. The Labute approximate surface area is 161 Å². The molecule has 0 fully saturated rings. The number of rotatable bonds is 10. The molecule has 0 amide bonds. The molecule has 1 rings (SSSR count). The fraction of sp³-hybridized carbons (Fsp3) is 0.636. The van der Waals surface area contributed by atoms with Crippen LogP contribution in [0.3, 0.4) is 0 Å². The highest BCUT2D eigenvalue weighted by Gasteiger charge is 2.37. The van der Waals surface area contributed by atoms with Gasteiger partial charge in [-0.1, -0.05) is 64.6 Å². The van der Waals surface area contributed by atoms with Crippen LogP contribution in [0.5, 0.6) is 0 Å². The first-order valence-electron chi connectivity index (χ1n) is 9.59. The van der Waals surface area contributed by atoms with Crippen molar-refractivity contribution in [1.82, 2.24) is 0 Å². The Balaban J connectivity index is 2.42. The second-order valence-electron chi connectivity index (χ2n) is 8.92. The molecule has 3 nitrogen and oxygen atoms in total. The Hall–Kier alpha value is -0.943. The molecule has 0 bridgehead atoms. The van der Waals surface area contributed by atoms with Gasteiger partial charge in [0.25, 0.3) is 0 Å². The molecule has 1 aromatic rings. The van der Waals surface area contributed by atoms with E-state index in [2.05, 4.69) is 40.4 Å². The van der Waals surface area contributed by atoms with E-state index in [1.807, 2.05) is 44.2 Å². The first kappa shape index (κ1) is 23.1. The zero-order chi connectivity index (χ0) is 20.0. The average molecular weight is 379 g/mol. The third-order valence-corrected chi connectivity index (χ3v) is 10.1. The summed E-state index contributed by atoms with van der Waals surface area (Å²) in [6, 6.07) is 10.1. The lowest BCUT2D eigenvalue weighted by molar-refractivity contribution is 0.0520. The molecule has 0 radical (unpaired) electrons. The van der Waals surface area contributed by atoms with Crippen molar-refractivity contribution in [3.05, 3.63) is 48.0 Å². The molecule has 26 heavy (non-hydrogen) atoms. The highest BCUT2D eigenvalue weighted by atomic mass is 28.4. The molecular weight excluding hydrogens is 340 g/mol. The fourth-order valence-electron chi connectivity index (χ4n) is 2.22. The van der Waals surface area contributed by atoms with Gasteiger partial charge >= 0.3 is 0 Å². The van der Waals surface area contributed by atoms with Gasteiger partial charge in [-0.3, -0.25) is 0 Å². The van der Waals surface area contributed by atoms with Crippen molar-refractivity contribution in [2.45, 2.75) is 78.0 Å². The minimum Gasteiger partial charge on any atom is -0.416 e. The van der Waals surface area contributed by atoms with Gasteiger partial charge in [-0.15, -0.1) is 0 Å². The lowest BCUT2D eigenvalue weighted by Gasteiger charge is -2.37. The summed E-state index contributed by atoms with van der Waals surface area (Å²) in [7, 11) is -1.78. The predicted octanol–water partition coefficient (Wildman–Crippen LogP) is 5.56. The summed E-state index contributed by atoms with van der Waals surface area (Å²) in [5.41, 5.74) is 2.07. The van der Waals surface area contributed by atoms with Gasteiger partial charge < -0.3 is 14.3 Å². The number of hydrogen-bond acceptors (Lipinski definition) is 3. The Bertz CT molecular complexity index is 548. The Morgan fingerprint density at radius 1 is 1.15 bits per heavy atom. The maximum Gasteiger partial charge on any atom is 0.191 e. The van der Waals surface area contributed by atoms with Crippen molar-refractivity contribution in [3.63, 3.8) is 0 Å². The van der Waals surface area contributed by atoms with Crippen molar-refractivity contribution in [2.24, 2.45) is 5.92 Å². The zero-order valence-corrected chi connectivity index (χ0v) is 18.7. The van der Waals surface area contributed by atoms with E-state index in [-0.39, 0.29) is 17.1 Å². The molecule has 0 aliphatic rings. The quantitative estimate of drug-likeness (QED) is 0.428. The Morgan fingerprint density at radius 2 is 1.73 bits per heavy atom. The smallest absolute Gasteiger partial charge is 0.191 e. The monoisotopic (exact) mass is 378 g/mol. The van der Waals surface area contributed by atoms with Gasteiger partial charge in [0.05, 0.1) is 18.8 Å². The van der Waals surface area contributed by atoms with Gasteiger partial charge in [-0.25, -0.2) is 0 Å². The molecule has 0 aliphatic carbocycles. The summed E-state index contributed by atoms with van der Waals surface area (Å²) < 4.78 is 12.1. The van der Waals surface area contributed by atoms with Gasteiger partial charge in [0.1, 0.15) is 0 Å². The van der Waals surface area contributed by atoms with Crippen molar-refractivity contribution in [1.29, 1.82) is 0 Å². The summed E-state index contributed by atoms with van der Waals surface area (Å²) in [4.78, 5) is 0. The van der Waals surface area contributed by atoms with Gasteiger partial charge in [-0.2, -0.15) is 0 Å². The second-order valence-corrected chi connectivity index (χ2v) is 13.7. The molecule has 1 aromatic carbocycles. The fourth-order valence-corrected chi connectivity index (χ4v) is 3.33. The number of benzene rings is 1. The van der Waals surface area contributed by atoms with Crippen LogP contribution in [0.4, 0.5) is 0 Å². The molecule has 1 N–H and O–H groups in total. The zero-order valence-electron chi connectivity index (χ0n) is 17.7. The number of hydrogen-bond donors (Lipinski definition) is 1. The first-order chi connectivity index (χ1) is 11.9. The summed E-state index contributed by atoms with van der Waals surface area (Å²) >= 11 is 0. The standard InChI is InChI=1S/C22H38O3Si/c1-17(19(3)24-16-20-12-10-9-11-13-20)14-21(23)18(2)15-25-26(7,8)22(4,5)6/h9-13,18-19,21,23H,1,14-16H2,2-8H3/t18-,19-,21+/m0/s1. The van der Waals surface area contributed by atoms with Crippen LogP contribution in [-0.4, -0.2) is 32.2 Å². The molecule has 0 spiro atoms. The van der Waals surface area contributed by atoms with Crippen LogP contribution in [0.1, 0.15) is 46.6 Å². The van der Waals surface area contributed by atoms with Crippen LogP contribution < -0.4 is 0 Å². The molecule has 0 saturated carbocycles. The SMILES string of the molecule is C=C(C[C@@H](O)[C@@H](C)CO[Si](C)(C)C(C)(C)C)[C@H](C)OCc1ccccc1. The van der Waals surface area contributed by atoms with Crippen molar-refractivity contribution in [3.8, 4) is 0 Å². The third kappa shape index (κ3) is 7.35. The summed E-state index contributed by atoms with van der Waals surface area (Å²) in [5, 5.41) is 10.7. The molecule has 3 atom stereocenters. The maximum atomic E-state index is 10.5. The van der Waals surface area contributed by atoms with Crippen molar-refractivity contribution < 1.29 is 14.3 Å². The van der Waals surface area contributed by atoms with Crippen LogP contribution >= 0.6 is 0 Å². The summed E-state index contributed by atoms with van der Waals surface area (Å²) in [6.07, 6.45) is -0.00810. The Morgan fingerprint density at radius 3 is 2.27 bits per heavy atom.